The van der Waals surface area contributed by atoms with Gasteiger partial charge in [-0.2, -0.15) is 5.10 Å². The van der Waals surface area contributed by atoms with Crippen molar-refractivity contribution in [3.05, 3.63) is 41.6 Å². The summed E-state index contributed by atoms with van der Waals surface area (Å²) in [5.74, 6) is -0.701. The second-order valence-electron chi connectivity index (χ2n) is 6.61. The second-order valence-corrected chi connectivity index (χ2v) is 7.67. The Morgan fingerprint density at radius 1 is 1.26 bits per heavy atom. The van der Waals surface area contributed by atoms with E-state index in [1.807, 2.05) is 0 Å². The number of carbonyl (C=O) groups is 1. The lowest BCUT2D eigenvalue weighted by Gasteiger charge is -2.10. The van der Waals surface area contributed by atoms with Crippen LogP contribution < -0.4 is 10.6 Å². The third kappa shape index (κ3) is 5.88. The average Bonchev–Trinajstić information content (AvgIpc) is 3.15. The van der Waals surface area contributed by atoms with Crippen molar-refractivity contribution in [2.45, 2.75) is 25.0 Å². The zero-order valence-electron chi connectivity index (χ0n) is 17.3. The normalized spacial score (nSPS) is 11.1. The summed E-state index contributed by atoms with van der Waals surface area (Å²) in [5.41, 5.74) is 0.424. The van der Waals surface area contributed by atoms with Crippen molar-refractivity contribution < 1.29 is 18.3 Å². The number of benzene rings is 1. The fourth-order valence-corrected chi connectivity index (χ4v) is 3.50. The number of methoxy groups -OCH3 is 1. The Kier molecular flexibility index (Phi) is 8.13. The van der Waals surface area contributed by atoms with Crippen LogP contribution >= 0.6 is 11.8 Å². The highest BCUT2D eigenvalue weighted by atomic mass is 32.2. The molecule has 0 saturated heterocycles. The molecule has 0 radical (unpaired) electrons. The predicted molar refractivity (Wildman–Crippen MR) is 115 cm³/mol. The number of nitrogens with one attached hydrogen (secondary N) is 2. The highest BCUT2D eigenvalue weighted by molar-refractivity contribution is 7.99. The zero-order valence-corrected chi connectivity index (χ0v) is 18.1. The Labute approximate surface area is 182 Å². The summed E-state index contributed by atoms with van der Waals surface area (Å²) in [6.07, 6.45) is 2.66. The molecule has 0 saturated carbocycles. The van der Waals surface area contributed by atoms with Crippen molar-refractivity contribution in [3.8, 4) is 0 Å². The maximum atomic E-state index is 13.8. The first-order valence-electron chi connectivity index (χ1n) is 9.86. The van der Waals surface area contributed by atoms with E-state index >= 15 is 0 Å². The lowest BCUT2D eigenvalue weighted by molar-refractivity contribution is 0.0948. The Hall–Kier alpha value is -2.79. The fraction of sp³-hybridized carbons (Fsp3) is 0.400. The molecular formula is C20H24F2N6O2S. The molecule has 3 rings (SSSR count). The van der Waals surface area contributed by atoms with E-state index in [1.165, 1.54) is 0 Å². The first-order valence-corrected chi connectivity index (χ1v) is 10.8. The SMILES string of the molecule is CCCSc1nc(NCCOC)c2cnn(CCNC(=O)c3ccc(F)cc3F)c2n1. The summed E-state index contributed by atoms with van der Waals surface area (Å²) in [4.78, 5) is 21.4. The molecule has 2 N–H and O–H groups in total. The molecule has 0 aliphatic rings. The van der Waals surface area contributed by atoms with Gasteiger partial charge < -0.3 is 15.4 Å². The number of ether oxygens (including phenoxy) is 1. The number of hydrogen-bond acceptors (Lipinski definition) is 7. The highest BCUT2D eigenvalue weighted by Crippen LogP contribution is 2.24. The minimum atomic E-state index is -0.904. The quantitative estimate of drug-likeness (QED) is 0.263. The van der Waals surface area contributed by atoms with Gasteiger partial charge in [0.25, 0.3) is 5.91 Å². The second kappa shape index (κ2) is 11.0. The number of nitrogens with zero attached hydrogens (tertiary/aromatic N) is 4. The fourth-order valence-electron chi connectivity index (χ4n) is 2.81. The molecule has 0 unspecified atom stereocenters. The van der Waals surface area contributed by atoms with E-state index in [4.69, 9.17) is 4.74 Å². The molecule has 0 spiro atoms. The van der Waals surface area contributed by atoms with E-state index in [1.54, 1.807) is 29.8 Å². The zero-order chi connectivity index (χ0) is 22.2. The topological polar surface area (TPSA) is 94.0 Å². The minimum Gasteiger partial charge on any atom is -0.383 e. The van der Waals surface area contributed by atoms with Gasteiger partial charge in [-0.1, -0.05) is 18.7 Å². The molecule has 31 heavy (non-hydrogen) atoms. The van der Waals surface area contributed by atoms with Crippen molar-refractivity contribution in [1.29, 1.82) is 0 Å². The smallest absolute Gasteiger partial charge is 0.254 e. The van der Waals surface area contributed by atoms with E-state index in [2.05, 4.69) is 32.6 Å². The van der Waals surface area contributed by atoms with Crippen LogP contribution in [-0.2, 0) is 11.3 Å². The Balaban J connectivity index is 1.73. The number of amides is 1. The van der Waals surface area contributed by atoms with Gasteiger partial charge in [0.15, 0.2) is 10.8 Å². The molecular weight excluding hydrogens is 426 g/mol. The van der Waals surface area contributed by atoms with Gasteiger partial charge in [0.2, 0.25) is 0 Å². The van der Waals surface area contributed by atoms with Crippen LogP contribution in [0.25, 0.3) is 11.0 Å². The van der Waals surface area contributed by atoms with Gasteiger partial charge in [-0.05, 0) is 18.6 Å². The van der Waals surface area contributed by atoms with E-state index in [0.717, 1.165) is 29.7 Å². The summed E-state index contributed by atoms with van der Waals surface area (Å²) < 4.78 is 33.5. The lowest BCUT2D eigenvalue weighted by atomic mass is 10.2. The highest BCUT2D eigenvalue weighted by Gasteiger charge is 2.15. The number of hydrogen-bond donors (Lipinski definition) is 2. The third-order valence-corrected chi connectivity index (χ3v) is 5.35. The summed E-state index contributed by atoms with van der Waals surface area (Å²) in [7, 11) is 1.63. The molecule has 2 heterocycles. The molecule has 0 fully saturated rings. The molecule has 166 valence electrons. The van der Waals surface area contributed by atoms with E-state index in [0.29, 0.717) is 42.4 Å². The van der Waals surface area contributed by atoms with Gasteiger partial charge in [0.05, 0.1) is 30.3 Å². The molecule has 0 atom stereocenters. The minimum absolute atomic E-state index is 0.195. The van der Waals surface area contributed by atoms with Crippen molar-refractivity contribution in [2.24, 2.45) is 0 Å². The number of rotatable bonds is 11. The van der Waals surface area contributed by atoms with E-state index in [-0.39, 0.29) is 12.1 Å². The molecule has 1 aromatic carbocycles. The summed E-state index contributed by atoms with van der Waals surface area (Å²) >= 11 is 1.55. The molecule has 3 aromatic rings. The van der Waals surface area contributed by atoms with E-state index in [9.17, 15) is 13.6 Å². The third-order valence-electron chi connectivity index (χ3n) is 4.29. The Morgan fingerprint density at radius 3 is 2.84 bits per heavy atom. The standard InChI is InChI=1S/C20H24F2N6O2S/c1-3-10-31-20-26-17(23-7-9-30-2)15-12-25-28(18(15)27-20)8-6-24-19(29)14-5-4-13(21)11-16(14)22/h4-5,11-12H,3,6-10H2,1-2H3,(H,24,29)(H,23,26,27). The Morgan fingerprint density at radius 2 is 2.10 bits per heavy atom. The van der Waals surface area contributed by atoms with Crippen molar-refractivity contribution in [1.82, 2.24) is 25.1 Å². The molecule has 2 aromatic heterocycles. The van der Waals surface area contributed by atoms with Crippen LogP contribution in [0.2, 0.25) is 0 Å². The van der Waals surface area contributed by atoms with Crippen LogP contribution in [0.15, 0.2) is 29.6 Å². The Bertz CT molecular complexity index is 1050. The number of thioether (sulfide) groups is 1. The summed E-state index contributed by atoms with van der Waals surface area (Å²) in [6, 6.07) is 2.84. The number of halogens is 2. The molecule has 1 amide bonds. The van der Waals surface area contributed by atoms with Crippen LogP contribution in [0, 0.1) is 11.6 Å². The van der Waals surface area contributed by atoms with Crippen molar-refractivity contribution in [3.63, 3.8) is 0 Å². The molecule has 0 bridgehead atoms. The summed E-state index contributed by atoms with van der Waals surface area (Å²) in [5, 5.41) is 11.6. The van der Waals surface area contributed by atoms with Gasteiger partial charge in [0, 0.05) is 32.0 Å². The van der Waals surface area contributed by atoms with Gasteiger partial charge in [-0.3, -0.25) is 4.79 Å². The average molecular weight is 451 g/mol. The van der Waals surface area contributed by atoms with Gasteiger partial charge >= 0.3 is 0 Å². The van der Waals surface area contributed by atoms with Crippen LogP contribution in [0.5, 0.6) is 0 Å². The first kappa shape index (κ1) is 22.9. The van der Waals surface area contributed by atoms with Crippen LogP contribution in [0.1, 0.15) is 23.7 Å². The molecule has 11 heteroatoms. The van der Waals surface area contributed by atoms with Gasteiger partial charge in [0.1, 0.15) is 17.5 Å². The molecule has 8 nitrogen and oxygen atoms in total. The van der Waals surface area contributed by atoms with Crippen molar-refractivity contribution >= 4 is 34.5 Å². The summed E-state index contributed by atoms with van der Waals surface area (Å²) in [6.45, 7) is 3.72. The molecule has 0 aliphatic heterocycles. The van der Waals surface area contributed by atoms with Crippen LogP contribution in [0.4, 0.5) is 14.6 Å². The number of aromatic nitrogens is 4. The van der Waals surface area contributed by atoms with Crippen LogP contribution in [-0.4, -0.2) is 58.2 Å². The van der Waals surface area contributed by atoms with E-state index < -0.39 is 17.5 Å². The molecule has 0 aliphatic carbocycles. The largest absolute Gasteiger partial charge is 0.383 e. The number of anilines is 1. The lowest BCUT2D eigenvalue weighted by Crippen LogP contribution is -2.28. The number of fused-ring (bicyclic) bond motifs is 1. The predicted octanol–water partition coefficient (Wildman–Crippen LogP) is 3.09. The number of carbonyl (C=O) groups excluding carboxylic acids is 1. The van der Waals surface area contributed by atoms with Crippen molar-refractivity contribution in [2.75, 3.05) is 37.9 Å². The maximum Gasteiger partial charge on any atom is 0.254 e. The monoisotopic (exact) mass is 450 g/mol. The maximum absolute atomic E-state index is 13.8. The first-order chi connectivity index (χ1) is 15.0. The van der Waals surface area contributed by atoms with Gasteiger partial charge in [-0.15, -0.1) is 0 Å². The van der Waals surface area contributed by atoms with Crippen LogP contribution in [0.3, 0.4) is 0 Å². The van der Waals surface area contributed by atoms with Gasteiger partial charge in [-0.25, -0.2) is 23.4 Å².